The van der Waals surface area contributed by atoms with Gasteiger partial charge in [0.15, 0.2) is 5.78 Å². The Morgan fingerprint density at radius 1 is 1.32 bits per heavy atom. The molecule has 0 aliphatic carbocycles. The van der Waals surface area contributed by atoms with E-state index in [0.717, 1.165) is 25.3 Å². The van der Waals surface area contributed by atoms with Crippen molar-refractivity contribution in [1.82, 2.24) is 4.90 Å². The van der Waals surface area contributed by atoms with Crippen LogP contribution in [0.4, 0.5) is 11.4 Å². The summed E-state index contributed by atoms with van der Waals surface area (Å²) < 4.78 is 0. The first-order valence-corrected chi connectivity index (χ1v) is 7.04. The number of benzene rings is 1. The molecule has 2 saturated heterocycles. The van der Waals surface area contributed by atoms with Crippen LogP contribution in [0.5, 0.6) is 0 Å². The van der Waals surface area contributed by atoms with Gasteiger partial charge in [-0.25, -0.2) is 0 Å². The van der Waals surface area contributed by atoms with Crippen LogP contribution >= 0.6 is 0 Å². The minimum absolute atomic E-state index is 0.0321. The van der Waals surface area contributed by atoms with Gasteiger partial charge in [-0.3, -0.25) is 9.69 Å². The number of carbonyl (C=O) groups is 1. The summed E-state index contributed by atoms with van der Waals surface area (Å²) in [6.45, 7) is 6.08. The number of fused-ring (bicyclic) bond motifs is 1. The van der Waals surface area contributed by atoms with E-state index in [2.05, 4.69) is 9.80 Å². The van der Waals surface area contributed by atoms with Gasteiger partial charge in [-0.05, 0) is 44.5 Å². The van der Waals surface area contributed by atoms with Crippen LogP contribution in [-0.2, 0) is 0 Å². The van der Waals surface area contributed by atoms with Crippen LogP contribution in [0.1, 0.15) is 30.1 Å². The van der Waals surface area contributed by atoms with Gasteiger partial charge in [-0.1, -0.05) is 0 Å². The zero-order valence-corrected chi connectivity index (χ0v) is 11.4. The molecule has 1 atom stereocenters. The molecule has 0 bridgehead atoms. The Morgan fingerprint density at radius 3 is 2.89 bits per heavy atom. The van der Waals surface area contributed by atoms with Crippen LogP contribution in [0, 0.1) is 0 Å². The van der Waals surface area contributed by atoms with Crippen LogP contribution in [0.2, 0.25) is 0 Å². The normalized spacial score (nSPS) is 23.4. The molecule has 0 amide bonds. The van der Waals surface area contributed by atoms with Crippen molar-refractivity contribution in [3.8, 4) is 0 Å². The number of nitrogens with two attached hydrogens (primary N) is 1. The third kappa shape index (κ3) is 2.32. The Morgan fingerprint density at radius 2 is 2.16 bits per heavy atom. The number of Topliss-reactive ketones (excluding diaryl/α,β-unsaturated/α-hetero) is 1. The molecular weight excluding hydrogens is 238 g/mol. The number of anilines is 2. The summed E-state index contributed by atoms with van der Waals surface area (Å²) in [6.07, 6.45) is 2.63. The zero-order chi connectivity index (χ0) is 13.4. The van der Waals surface area contributed by atoms with Crippen LogP contribution in [0.15, 0.2) is 18.2 Å². The highest BCUT2D eigenvalue weighted by Gasteiger charge is 2.30. The summed E-state index contributed by atoms with van der Waals surface area (Å²) in [4.78, 5) is 16.4. The van der Waals surface area contributed by atoms with Crippen molar-refractivity contribution in [1.29, 1.82) is 0 Å². The number of piperazine rings is 1. The van der Waals surface area contributed by atoms with Gasteiger partial charge in [0.1, 0.15) is 0 Å². The quantitative estimate of drug-likeness (QED) is 0.649. The monoisotopic (exact) mass is 259 g/mol. The summed E-state index contributed by atoms with van der Waals surface area (Å²) in [5.41, 5.74) is 8.35. The first-order valence-electron chi connectivity index (χ1n) is 7.04. The van der Waals surface area contributed by atoms with Gasteiger partial charge in [-0.2, -0.15) is 0 Å². The number of carbonyl (C=O) groups excluding carboxylic acids is 1. The summed E-state index contributed by atoms with van der Waals surface area (Å²) in [7, 11) is 0. The van der Waals surface area contributed by atoms with Gasteiger partial charge >= 0.3 is 0 Å². The number of ketones is 1. The molecule has 0 radical (unpaired) electrons. The van der Waals surface area contributed by atoms with Crippen LogP contribution < -0.4 is 10.6 Å². The lowest BCUT2D eigenvalue weighted by Crippen LogP contribution is -2.50. The van der Waals surface area contributed by atoms with Crippen LogP contribution in [0.3, 0.4) is 0 Å². The number of hydrogen-bond donors (Lipinski definition) is 1. The minimum Gasteiger partial charge on any atom is -0.398 e. The molecule has 4 nitrogen and oxygen atoms in total. The lowest BCUT2D eigenvalue weighted by atomic mass is 10.1. The molecule has 3 rings (SSSR count). The molecular formula is C15H21N3O. The van der Waals surface area contributed by atoms with Gasteiger partial charge in [0.05, 0.1) is 0 Å². The predicted octanol–water partition coefficient (Wildman–Crippen LogP) is 1.76. The third-order valence-electron chi connectivity index (χ3n) is 4.37. The van der Waals surface area contributed by atoms with Gasteiger partial charge in [0.25, 0.3) is 0 Å². The zero-order valence-electron chi connectivity index (χ0n) is 11.4. The number of nitrogen functional groups attached to an aromatic ring is 1. The Kier molecular flexibility index (Phi) is 3.19. The van der Waals surface area contributed by atoms with Gasteiger partial charge in [0, 0.05) is 42.6 Å². The predicted molar refractivity (Wildman–Crippen MR) is 77.7 cm³/mol. The molecule has 1 aromatic rings. The SMILES string of the molecule is CC(=O)c1ccc(N2CCN3CCCC3C2)cc1N. The average Bonchev–Trinajstić information content (AvgIpc) is 2.85. The van der Waals surface area contributed by atoms with Crippen molar-refractivity contribution in [2.24, 2.45) is 0 Å². The van der Waals surface area contributed by atoms with Gasteiger partial charge in [-0.15, -0.1) is 0 Å². The molecule has 2 aliphatic heterocycles. The first kappa shape index (κ1) is 12.5. The molecule has 0 spiro atoms. The fourth-order valence-corrected chi connectivity index (χ4v) is 3.29. The van der Waals surface area contributed by atoms with Crippen LogP contribution in [0.25, 0.3) is 0 Å². The van der Waals surface area contributed by atoms with Gasteiger partial charge in [0.2, 0.25) is 0 Å². The molecule has 2 fully saturated rings. The molecule has 2 heterocycles. The molecule has 1 unspecified atom stereocenters. The van der Waals surface area contributed by atoms with E-state index in [9.17, 15) is 4.79 Å². The second-order valence-corrected chi connectivity index (χ2v) is 5.61. The van der Waals surface area contributed by atoms with Crippen molar-refractivity contribution in [3.63, 3.8) is 0 Å². The molecule has 2 N–H and O–H groups in total. The van der Waals surface area contributed by atoms with E-state index in [1.165, 1.54) is 19.4 Å². The molecule has 1 aromatic carbocycles. The summed E-state index contributed by atoms with van der Waals surface area (Å²) in [5, 5.41) is 0. The standard InChI is InChI=1S/C15H21N3O/c1-11(19)14-5-4-12(9-15(14)16)18-8-7-17-6-2-3-13(17)10-18/h4-5,9,13H,2-3,6-8,10,16H2,1H3. The summed E-state index contributed by atoms with van der Waals surface area (Å²) in [6, 6.07) is 6.52. The largest absolute Gasteiger partial charge is 0.398 e. The Bertz CT molecular complexity index is 500. The molecule has 19 heavy (non-hydrogen) atoms. The smallest absolute Gasteiger partial charge is 0.161 e. The maximum absolute atomic E-state index is 11.4. The Balaban J connectivity index is 1.79. The fraction of sp³-hybridized carbons (Fsp3) is 0.533. The van der Waals surface area contributed by atoms with E-state index in [1.807, 2.05) is 18.2 Å². The second-order valence-electron chi connectivity index (χ2n) is 5.61. The lowest BCUT2D eigenvalue weighted by Gasteiger charge is -2.39. The molecule has 0 saturated carbocycles. The van der Waals surface area contributed by atoms with E-state index in [0.29, 0.717) is 17.3 Å². The topological polar surface area (TPSA) is 49.6 Å². The van der Waals surface area contributed by atoms with Crippen molar-refractivity contribution < 1.29 is 4.79 Å². The van der Waals surface area contributed by atoms with E-state index >= 15 is 0 Å². The maximum atomic E-state index is 11.4. The third-order valence-corrected chi connectivity index (χ3v) is 4.37. The molecule has 0 aromatic heterocycles. The van der Waals surface area contributed by atoms with Crippen molar-refractivity contribution in [2.75, 3.05) is 36.8 Å². The highest BCUT2D eigenvalue weighted by atomic mass is 16.1. The van der Waals surface area contributed by atoms with E-state index in [-0.39, 0.29) is 5.78 Å². The van der Waals surface area contributed by atoms with Gasteiger partial charge < -0.3 is 10.6 Å². The molecule has 102 valence electrons. The maximum Gasteiger partial charge on any atom is 0.161 e. The van der Waals surface area contributed by atoms with Crippen molar-refractivity contribution >= 4 is 17.2 Å². The minimum atomic E-state index is 0.0321. The second kappa shape index (κ2) is 4.85. The van der Waals surface area contributed by atoms with Crippen molar-refractivity contribution in [3.05, 3.63) is 23.8 Å². The lowest BCUT2D eigenvalue weighted by molar-refractivity contribution is 0.101. The Labute approximate surface area is 114 Å². The summed E-state index contributed by atoms with van der Waals surface area (Å²) >= 11 is 0. The number of rotatable bonds is 2. The van der Waals surface area contributed by atoms with E-state index < -0.39 is 0 Å². The Hall–Kier alpha value is -1.55. The van der Waals surface area contributed by atoms with E-state index in [1.54, 1.807) is 6.92 Å². The number of hydrogen-bond acceptors (Lipinski definition) is 4. The molecule has 2 aliphatic rings. The average molecular weight is 259 g/mol. The number of nitrogens with zero attached hydrogens (tertiary/aromatic N) is 2. The van der Waals surface area contributed by atoms with E-state index in [4.69, 9.17) is 5.73 Å². The highest BCUT2D eigenvalue weighted by molar-refractivity contribution is 5.99. The highest BCUT2D eigenvalue weighted by Crippen LogP contribution is 2.27. The molecule has 4 heteroatoms. The fourth-order valence-electron chi connectivity index (χ4n) is 3.29. The first-order chi connectivity index (χ1) is 9.15. The summed E-state index contributed by atoms with van der Waals surface area (Å²) in [5.74, 6) is 0.0321. The van der Waals surface area contributed by atoms with Crippen molar-refractivity contribution in [2.45, 2.75) is 25.8 Å². The van der Waals surface area contributed by atoms with Crippen LogP contribution in [-0.4, -0.2) is 42.9 Å².